The first-order valence-electron chi connectivity index (χ1n) is 41.6. The second-order valence-electron chi connectivity index (χ2n) is 29.2. The van der Waals surface area contributed by atoms with E-state index in [0.29, 0.717) is 51.4 Å². The number of carbonyl (C=O) groups excluding carboxylic acids is 6. The van der Waals surface area contributed by atoms with Crippen molar-refractivity contribution in [2.75, 3.05) is 13.2 Å². The zero-order valence-electron chi connectivity index (χ0n) is 65.1. The lowest BCUT2D eigenvalue weighted by Crippen LogP contribution is -2.66. The molecule has 102 heavy (non-hydrogen) atoms. The van der Waals surface area contributed by atoms with Crippen molar-refractivity contribution < 1.29 is 91.1 Å². The van der Waals surface area contributed by atoms with Gasteiger partial charge in [0.25, 0.3) is 0 Å². The number of ether oxygens (including phenoxy) is 6. The fraction of sp³-hybridized carbons (Fsp3) is 0.912. The van der Waals surface area contributed by atoms with Crippen LogP contribution in [0.4, 0.5) is 0 Å². The van der Waals surface area contributed by atoms with Gasteiger partial charge in [0.2, 0.25) is 11.8 Å². The van der Waals surface area contributed by atoms with Crippen LogP contribution < -0.4 is 10.6 Å². The Balaban J connectivity index is 3.86. The SMILES string of the molecule is CCCCCCCCCCC[C@H](CC(=O)NC1C(OC(=O)C[C@@H](CCCCCCCCCCC)OC(=O)CCCCCCCCC)[C@H](OP(=O)(O)O)C(CO)O[C@H]1OC[C@@H](NC(=O)C[C@@H](CCCCCCCCCC)OC(=O)CCCCCCCCC)C(=O)O)OC(=O)CCCCCCCCC. The van der Waals surface area contributed by atoms with Crippen LogP contribution in [0.1, 0.15) is 401 Å². The van der Waals surface area contributed by atoms with Crippen molar-refractivity contribution in [3.05, 3.63) is 0 Å². The van der Waals surface area contributed by atoms with Gasteiger partial charge in [0.05, 0.1) is 32.5 Å². The quantitative estimate of drug-likeness (QED) is 0.0143. The highest BCUT2D eigenvalue weighted by Crippen LogP contribution is 2.42. The second-order valence-corrected chi connectivity index (χ2v) is 30.4. The average molecular weight is 1470 g/mol. The first kappa shape index (κ1) is 96.3. The Morgan fingerprint density at radius 2 is 0.706 bits per heavy atom. The minimum absolute atomic E-state index is 0.125. The van der Waals surface area contributed by atoms with Gasteiger partial charge in [-0.2, -0.15) is 0 Å². The number of hydrogen-bond donors (Lipinski definition) is 6. The molecule has 0 bridgehead atoms. The van der Waals surface area contributed by atoms with E-state index in [0.717, 1.165) is 231 Å². The average Bonchev–Trinajstić information content (AvgIpc) is 0.780. The maximum Gasteiger partial charge on any atom is 0.470 e. The van der Waals surface area contributed by atoms with E-state index in [1.807, 2.05) is 0 Å². The summed E-state index contributed by atoms with van der Waals surface area (Å²) in [6, 6.07) is -3.60. The number of rotatable bonds is 72. The second kappa shape index (κ2) is 65.6. The Labute approximate surface area is 617 Å². The maximum atomic E-state index is 14.8. The van der Waals surface area contributed by atoms with Crippen molar-refractivity contribution in [2.45, 2.75) is 456 Å². The van der Waals surface area contributed by atoms with Gasteiger partial charge >= 0.3 is 37.7 Å². The highest BCUT2D eigenvalue weighted by molar-refractivity contribution is 7.46. The standard InChI is InChI=1S/C80H149N2O19P/c1-7-13-19-25-31-34-40-43-49-55-66(97-73(87)58-52-46-37-29-23-17-11-5)61-71(85)82-76-78(100-75(89)62-67(56-50-44-41-35-32-26-20-14-8-2)98-74(88)59-53-47-38-30-24-18-12-6)77(101-102(92,93)94)69(63-83)99-80(76)95-64-68(79(90)91)81-70(84)60-65(54-48-42-39-33-27-21-15-9-3)96-72(86)57-51-45-36-28-22-16-10-4/h65-69,76-78,80,83H,7-64H2,1-6H3,(H,81,84)(H,82,85)(H,90,91)(H2,92,93,94)/t65-,66-,67-,68-,69?,76?,77-,78?,80-/m1/s1. The number of amides is 2. The summed E-state index contributed by atoms with van der Waals surface area (Å²) in [6.07, 6.45) is 36.8. The zero-order chi connectivity index (χ0) is 75.1. The minimum atomic E-state index is -5.56. The lowest BCUT2D eigenvalue weighted by atomic mass is 9.95. The van der Waals surface area contributed by atoms with Crippen molar-refractivity contribution in [2.24, 2.45) is 0 Å². The summed E-state index contributed by atoms with van der Waals surface area (Å²) >= 11 is 0. The molecule has 598 valence electrons. The lowest BCUT2D eigenvalue weighted by Gasteiger charge is -2.45. The number of carbonyl (C=O) groups is 7. The van der Waals surface area contributed by atoms with Crippen LogP contribution in [-0.4, -0.2) is 130 Å². The Morgan fingerprint density at radius 1 is 0.402 bits per heavy atom. The summed E-state index contributed by atoms with van der Waals surface area (Å²) in [4.78, 5) is 118. The first-order chi connectivity index (χ1) is 49.3. The third-order valence-corrected chi connectivity index (χ3v) is 20.0. The molecule has 0 aliphatic carbocycles. The monoisotopic (exact) mass is 1470 g/mol. The number of phosphoric acid groups is 1. The number of nitrogens with one attached hydrogen (secondary N) is 2. The molecule has 0 saturated carbocycles. The molecular formula is C80H149N2O19P. The van der Waals surface area contributed by atoms with E-state index in [1.54, 1.807) is 0 Å². The van der Waals surface area contributed by atoms with E-state index >= 15 is 0 Å². The van der Waals surface area contributed by atoms with Crippen molar-refractivity contribution in [3.63, 3.8) is 0 Å². The van der Waals surface area contributed by atoms with Crippen molar-refractivity contribution in [1.29, 1.82) is 0 Å². The number of aliphatic hydroxyl groups excluding tert-OH is 1. The number of aliphatic hydroxyl groups is 1. The molecule has 1 aliphatic heterocycles. The van der Waals surface area contributed by atoms with Crippen LogP contribution in [0.15, 0.2) is 0 Å². The van der Waals surface area contributed by atoms with Gasteiger partial charge in [0.15, 0.2) is 18.4 Å². The molecule has 22 heteroatoms. The fourth-order valence-corrected chi connectivity index (χ4v) is 13.9. The molecule has 6 N–H and O–H groups in total. The van der Waals surface area contributed by atoms with Gasteiger partial charge in [-0.3, -0.25) is 33.3 Å². The molecule has 9 atom stereocenters. The summed E-state index contributed by atoms with van der Waals surface area (Å²) in [6.45, 7) is 11.1. The summed E-state index contributed by atoms with van der Waals surface area (Å²) in [5.74, 6) is -5.54. The van der Waals surface area contributed by atoms with E-state index < -0.39 is 131 Å². The van der Waals surface area contributed by atoms with E-state index in [4.69, 9.17) is 32.9 Å². The maximum absolute atomic E-state index is 14.8. The first-order valence-corrected chi connectivity index (χ1v) is 43.1. The summed E-state index contributed by atoms with van der Waals surface area (Å²) in [5.41, 5.74) is 0. The molecule has 0 radical (unpaired) electrons. The molecule has 0 aromatic heterocycles. The third-order valence-electron chi connectivity index (χ3n) is 19.4. The highest BCUT2D eigenvalue weighted by atomic mass is 31.2. The van der Waals surface area contributed by atoms with Crippen molar-refractivity contribution in [1.82, 2.24) is 10.6 Å². The van der Waals surface area contributed by atoms with Gasteiger partial charge in [-0.15, -0.1) is 0 Å². The van der Waals surface area contributed by atoms with Crippen LogP contribution in [0.5, 0.6) is 0 Å². The molecule has 1 rings (SSSR count). The van der Waals surface area contributed by atoms with Gasteiger partial charge in [0.1, 0.15) is 36.6 Å². The Morgan fingerprint density at radius 3 is 1.02 bits per heavy atom. The number of carboxylic acid groups (broad SMARTS) is 1. The normalized spacial score (nSPS) is 17.3. The predicted octanol–water partition coefficient (Wildman–Crippen LogP) is 18.9. The largest absolute Gasteiger partial charge is 0.480 e. The van der Waals surface area contributed by atoms with Crippen LogP contribution in [0.2, 0.25) is 0 Å². The molecule has 0 aromatic carbocycles. The molecule has 0 aromatic rings. The molecule has 1 saturated heterocycles. The zero-order valence-corrected chi connectivity index (χ0v) is 66.0. The number of unbranched alkanes of at least 4 members (excludes halogenated alkanes) is 41. The van der Waals surface area contributed by atoms with E-state index in [1.165, 1.54) is 32.1 Å². The van der Waals surface area contributed by atoms with E-state index in [-0.39, 0.29) is 32.1 Å². The smallest absolute Gasteiger partial charge is 0.470 e. The topological polar surface area (TPSA) is 306 Å². The van der Waals surface area contributed by atoms with Gasteiger partial charge in [-0.1, -0.05) is 305 Å². The summed E-state index contributed by atoms with van der Waals surface area (Å²) in [5, 5.41) is 26.9. The predicted molar refractivity (Wildman–Crippen MR) is 402 cm³/mol. The summed E-state index contributed by atoms with van der Waals surface area (Å²) in [7, 11) is -5.56. The minimum Gasteiger partial charge on any atom is -0.480 e. The number of esters is 4. The Kier molecular flexibility index (Phi) is 61.9. The Hall–Kier alpha value is -3.72. The van der Waals surface area contributed by atoms with Crippen LogP contribution in [-0.2, 0) is 71.1 Å². The van der Waals surface area contributed by atoms with E-state index in [9.17, 15) is 58.1 Å². The van der Waals surface area contributed by atoms with Gasteiger partial charge < -0.3 is 59.1 Å². The van der Waals surface area contributed by atoms with Gasteiger partial charge in [0, 0.05) is 19.3 Å². The fourth-order valence-electron chi connectivity index (χ4n) is 13.3. The Bertz CT molecular complexity index is 2150. The number of phosphoric ester groups is 1. The van der Waals surface area contributed by atoms with Crippen LogP contribution in [0, 0.1) is 0 Å². The third kappa shape index (κ3) is 54.0. The summed E-state index contributed by atoms with van der Waals surface area (Å²) < 4.78 is 54.8. The molecule has 2 amide bonds. The molecule has 1 heterocycles. The van der Waals surface area contributed by atoms with Crippen LogP contribution in [0.25, 0.3) is 0 Å². The van der Waals surface area contributed by atoms with Crippen LogP contribution >= 0.6 is 7.82 Å². The number of aliphatic carboxylic acids is 1. The van der Waals surface area contributed by atoms with Gasteiger partial charge in [-0.05, 0) is 57.8 Å². The molecule has 1 aliphatic rings. The highest BCUT2D eigenvalue weighted by Gasteiger charge is 2.52. The molecular weight excluding hydrogens is 1320 g/mol. The molecule has 3 unspecified atom stereocenters. The molecule has 21 nitrogen and oxygen atoms in total. The molecule has 0 spiro atoms. The van der Waals surface area contributed by atoms with E-state index in [2.05, 4.69) is 52.2 Å². The van der Waals surface area contributed by atoms with Crippen molar-refractivity contribution in [3.8, 4) is 0 Å². The number of carboxylic acids is 1. The van der Waals surface area contributed by atoms with Crippen LogP contribution in [0.3, 0.4) is 0 Å². The van der Waals surface area contributed by atoms with Gasteiger partial charge in [-0.25, -0.2) is 9.36 Å². The lowest BCUT2D eigenvalue weighted by molar-refractivity contribution is -0.272. The van der Waals surface area contributed by atoms with Crippen molar-refractivity contribution >= 4 is 49.5 Å². The number of hydrogen-bond acceptors (Lipinski definition) is 16. The molecule has 1 fully saturated rings.